The van der Waals surface area contributed by atoms with E-state index in [1.165, 1.54) is 202 Å². The molecule has 0 N–H and O–H groups in total. The highest BCUT2D eigenvalue weighted by molar-refractivity contribution is 6.20. The van der Waals surface area contributed by atoms with E-state index in [1.54, 1.807) is 0 Å². The Hall–Kier alpha value is -15.4. The number of aromatic nitrogens is 8. The van der Waals surface area contributed by atoms with Crippen LogP contribution in [0.3, 0.4) is 0 Å². The summed E-state index contributed by atoms with van der Waals surface area (Å²) in [7, 11) is 0. The monoisotopic (exact) mass is 1600 g/mol. The zero-order valence-corrected chi connectivity index (χ0v) is 69.5. The number of benzene rings is 16. The average Bonchev–Trinajstić information content (AvgIpc) is 1.56. The Balaban J connectivity index is 0.0000000906. The lowest BCUT2D eigenvalue weighted by atomic mass is 9.80. The third kappa shape index (κ3) is 10.1. The molecule has 16 aromatic carbocycles. The van der Waals surface area contributed by atoms with E-state index in [0.717, 1.165) is 67.1 Å². The predicted octanol–water partition coefficient (Wildman–Crippen LogP) is 28.9. The van der Waals surface area contributed by atoms with Gasteiger partial charge < -0.3 is 35.9 Å². The highest BCUT2D eigenvalue weighted by Crippen LogP contribution is 2.58. The average molecular weight is 1600 g/mol. The molecule has 28 rings (SSSR count). The molecule has 0 fully saturated rings. The fraction of sp³-hybridized carbons (Fsp3) is 0.107. The van der Waals surface area contributed by atoms with Crippen molar-refractivity contribution >= 4 is 132 Å². The second kappa shape index (κ2) is 26.1. The number of hydrogen-bond acceptors (Lipinski definition) is 8. The van der Waals surface area contributed by atoms with Crippen molar-refractivity contribution in [3.8, 4) is 67.3 Å². The van der Waals surface area contributed by atoms with Gasteiger partial charge in [0.25, 0.3) is 0 Å². The van der Waals surface area contributed by atoms with Gasteiger partial charge in [-0.05, 0) is 205 Å². The minimum Gasteiger partial charge on any atom is -0.443 e. The molecule has 0 amide bonds. The summed E-state index contributed by atoms with van der Waals surface area (Å²) in [6.45, 7) is 18.7. The highest BCUT2D eigenvalue weighted by Gasteiger charge is 2.42. The standard InChI is InChI=1S/4C28H20N2O/c1-28(2)21-9-5-3-8-20(21)26-22(28)13-12-19-18-7-4-6-10-24(18)30(27(19)26)17-11-14-25-23(15-17)29-16-31-25;1-28(2)21-9-5-3-7-18(21)19-12-13-24-26(27(19)28)20-8-4-6-10-23(20)30(24)17-11-14-25-22(15-17)29-16-31-25;1-28(2)20-9-5-3-7-18(20)26-21(28)12-13-24-27(26)19-8-4-6-10-23(19)30(24)17-11-14-25-22(15-17)29-16-31-25;1-28(2)22-9-5-3-7-18(22)20-14-21-19-8-4-6-10-25(19)30(26(21)15-23(20)28)17-11-12-27-24(13-17)29-16-31-27/h4*3-16H,1-2H3. The van der Waals surface area contributed by atoms with E-state index in [9.17, 15) is 0 Å². The van der Waals surface area contributed by atoms with Crippen LogP contribution in [0.15, 0.2) is 359 Å². The largest absolute Gasteiger partial charge is 0.443 e. The normalized spacial score (nSPS) is 14.4. The molecule has 8 heterocycles. The van der Waals surface area contributed by atoms with Crippen LogP contribution in [0.5, 0.6) is 0 Å². The van der Waals surface area contributed by atoms with Crippen LogP contribution >= 0.6 is 0 Å². The van der Waals surface area contributed by atoms with Gasteiger partial charge >= 0.3 is 0 Å². The number of rotatable bonds is 4. The summed E-state index contributed by atoms with van der Waals surface area (Å²) in [6, 6.07) is 114. The van der Waals surface area contributed by atoms with E-state index < -0.39 is 0 Å². The molecule has 124 heavy (non-hydrogen) atoms. The number of nitrogens with zero attached hydrogens (tertiary/aromatic N) is 8. The fourth-order valence-electron chi connectivity index (χ4n) is 22.0. The summed E-state index contributed by atoms with van der Waals surface area (Å²) < 4.78 is 31.4. The van der Waals surface area contributed by atoms with Gasteiger partial charge in [-0.15, -0.1) is 0 Å². The van der Waals surface area contributed by atoms with Crippen LogP contribution in [0, 0.1) is 0 Å². The summed E-state index contributed by atoms with van der Waals surface area (Å²) >= 11 is 0. The Morgan fingerprint density at radius 3 is 1.09 bits per heavy atom. The number of para-hydroxylation sites is 4. The SMILES string of the molecule is CC1(C)c2ccccc2-c2c1ccc1c2c2ccccc2n1-c1ccc2ocnc2c1.CC1(C)c2ccccc2-c2c1ccc1c3ccccc3n(-c3ccc4ocnc4c3)c21.CC1(C)c2ccccc2-c2cc3c4ccccc4n(-c4ccc5ocnc5c4)c3cc21.CC1(C)c2ccccc2-c2ccc3c(c21)c1ccccc1n3-c1ccc2ocnc2c1. The van der Waals surface area contributed by atoms with Crippen LogP contribution in [0.2, 0.25) is 0 Å². The Kier molecular flexibility index (Phi) is 15.0. The zero-order valence-electron chi connectivity index (χ0n) is 69.5. The molecule has 4 aliphatic carbocycles. The summed E-state index contributed by atoms with van der Waals surface area (Å²) in [4.78, 5) is 17.5. The number of fused-ring (bicyclic) bond motifs is 31. The van der Waals surface area contributed by atoms with Gasteiger partial charge in [0.2, 0.25) is 0 Å². The lowest BCUT2D eigenvalue weighted by Gasteiger charge is -2.22. The Morgan fingerprint density at radius 1 is 0.218 bits per heavy atom. The molecule has 0 saturated heterocycles. The van der Waals surface area contributed by atoms with Gasteiger partial charge in [0.1, 0.15) is 22.1 Å². The summed E-state index contributed by atoms with van der Waals surface area (Å²) in [5.41, 5.74) is 42.7. The minimum atomic E-state index is -0.0591. The van der Waals surface area contributed by atoms with E-state index in [4.69, 9.17) is 17.7 Å². The van der Waals surface area contributed by atoms with Gasteiger partial charge in [0.15, 0.2) is 47.9 Å². The Bertz CT molecular complexity index is 8560. The number of hydrogen-bond donors (Lipinski definition) is 0. The molecule has 12 nitrogen and oxygen atoms in total. The van der Waals surface area contributed by atoms with E-state index in [2.05, 4.69) is 385 Å². The van der Waals surface area contributed by atoms with Crippen LogP contribution in [0.25, 0.3) is 199 Å². The van der Waals surface area contributed by atoms with Crippen LogP contribution < -0.4 is 0 Å². The van der Waals surface area contributed by atoms with Crippen molar-refractivity contribution in [1.29, 1.82) is 0 Å². The zero-order chi connectivity index (χ0) is 83.0. The van der Waals surface area contributed by atoms with E-state index >= 15 is 0 Å². The lowest BCUT2D eigenvalue weighted by molar-refractivity contribution is 0.602. The topological polar surface area (TPSA) is 124 Å². The number of oxazole rings is 4. The molecular weight excluding hydrogens is 1520 g/mol. The van der Waals surface area contributed by atoms with Gasteiger partial charge in [-0.2, -0.15) is 0 Å². The molecule has 12 heteroatoms. The van der Waals surface area contributed by atoms with Crippen molar-refractivity contribution < 1.29 is 17.7 Å². The quantitative estimate of drug-likeness (QED) is 0.171. The molecule has 4 aliphatic rings. The molecule has 0 unspecified atom stereocenters. The minimum absolute atomic E-state index is 0.0110. The first kappa shape index (κ1) is 71.5. The first-order valence-electron chi connectivity index (χ1n) is 42.6. The molecule has 24 aromatic rings. The molecule has 0 spiro atoms. The van der Waals surface area contributed by atoms with E-state index in [0.29, 0.717) is 0 Å². The van der Waals surface area contributed by atoms with Gasteiger partial charge in [-0.1, -0.05) is 250 Å². The first-order chi connectivity index (χ1) is 60.6. The van der Waals surface area contributed by atoms with Crippen LogP contribution in [-0.2, 0) is 21.7 Å². The summed E-state index contributed by atoms with van der Waals surface area (Å²) in [5, 5.41) is 10.3. The second-order valence-corrected chi connectivity index (χ2v) is 35.7. The van der Waals surface area contributed by atoms with Crippen LogP contribution in [-0.4, -0.2) is 38.2 Å². The molecule has 0 bridgehead atoms. The maximum atomic E-state index is 5.49. The van der Waals surface area contributed by atoms with Gasteiger partial charge in [0.05, 0.1) is 44.1 Å². The van der Waals surface area contributed by atoms with Gasteiger partial charge in [-0.3, -0.25) is 0 Å². The molecule has 0 radical (unpaired) electrons. The maximum absolute atomic E-state index is 5.49. The third-order valence-electron chi connectivity index (χ3n) is 27.8. The Labute approximate surface area is 712 Å². The van der Waals surface area contributed by atoms with Crippen molar-refractivity contribution in [3.05, 3.63) is 386 Å². The second-order valence-electron chi connectivity index (χ2n) is 35.7. The maximum Gasteiger partial charge on any atom is 0.181 e. The molecule has 0 aliphatic heterocycles. The summed E-state index contributed by atoms with van der Waals surface area (Å²) in [6.07, 6.45) is 6.03. The van der Waals surface area contributed by atoms with E-state index in [-0.39, 0.29) is 21.7 Å². The highest BCUT2D eigenvalue weighted by atomic mass is 16.3. The van der Waals surface area contributed by atoms with Crippen molar-refractivity contribution in [3.63, 3.8) is 0 Å². The fourth-order valence-corrected chi connectivity index (χ4v) is 22.0. The van der Waals surface area contributed by atoms with Gasteiger partial charge in [0, 0.05) is 93.1 Å². The smallest absolute Gasteiger partial charge is 0.181 e. The van der Waals surface area contributed by atoms with Crippen molar-refractivity contribution in [2.75, 3.05) is 0 Å². The molecule has 0 saturated carbocycles. The van der Waals surface area contributed by atoms with Crippen LogP contribution in [0.4, 0.5) is 0 Å². The Morgan fingerprint density at radius 2 is 0.573 bits per heavy atom. The molecular formula is C112H80N8O4. The van der Waals surface area contributed by atoms with Crippen LogP contribution in [0.1, 0.15) is 99.9 Å². The molecule has 0 atom stereocenters. The first-order valence-corrected chi connectivity index (χ1v) is 42.6. The van der Waals surface area contributed by atoms with Crippen molar-refractivity contribution in [2.45, 2.75) is 77.0 Å². The molecule has 8 aromatic heterocycles. The molecule has 592 valence electrons. The third-order valence-corrected chi connectivity index (χ3v) is 27.8. The van der Waals surface area contributed by atoms with E-state index in [1.807, 2.05) is 24.3 Å². The summed E-state index contributed by atoms with van der Waals surface area (Å²) in [5.74, 6) is 0. The predicted molar refractivity (Wildman–Crippen MR) is 504 cm³/mol. The lowest BCUT2D eigenvalue weighted by Crippen LogP contribution is -2.15. The van der Waals surface area contributed by atoms with Crippen molar-refractivity contribution in [1.82, 2.24) is 38.2 Å². The van der Waals surface area contributed by atoms with Gasteiger partial charge in [-0.25, -0.2) is 19.9 Å². The van der Waals surface area contributed by atoms with Crippen molar-refractivity contribution in [2.24, 2.45) is 0 Å².